The van der Waals surface area contributed by atoms with Crippen molar-refractivity contribution in [3.05, 3.63) is 77.7 Å². The Labute approximate surface area is 204 Å². The van der Waals surface area contributed by atoms with Crippen LogP contribution in [0.5, 0.6) is 0 Å². The first-order chi connectivity index (χ1) is 16.7. The van der Waals surface area contributed by atoms with E-state index in [1.807, 2.05) is 50.2 Å². The van der Waals surface area contributed by atoms with Gasteiger partial charge >= 0.3 is 14.0 Å². The smallest absolute Gasteiger partial charge is 0.481 e. The summed E-state index contributed by atoms with van der Waals surface area (Å²) in [4.78, 5) is 15.5. The molecule has 0 aliphatic carbocycles. The fraction of sp³-hybridized carbons (Fsp3) is 0.259. The zero-order valence-electron chi connectivity index (χ0n) is 19.4. The number of rotatable bonds is 9. The normalized spacial score (nSPS) is 12.1. The molecule has 0 radical (unpaired) electrons. The first-order valence-electron chi connectivity index (χ1n) is 11.1. The number of carbonyl (C=O) groups is 1. The van der Waals surface area contributed by atoms with Crippen molar-refractivity contribution in [1.29, 1.82) is 0 Å². The number of aromatic nitrogens is 1. The van der Waals surface area contributed by atoms with E-state index in [9.17, 15) is 18.9 Å². The van der Waals surface area contributed by atoms with Crippen LogP contribution in [-0.2, 0) is 13.9 Å². The Morgan fingerprint density at radius 2 is 1.80 bits per heavy atom. The minimum Gasteiger partial charge on any atom is -0.481 e. The maximum atomic E-state index is 13.6. The van der Waals surface area contributed by atoms with Gasteiger partial charge in [0.25, 0.3) is 0 Å². The lowest BCUT2D eigenvalue weighted by Crippen LogP contribution is -2.15. The molecule has 0 fully saturated rings. The maximum absolute atomic E-state index is 13.6. The lowest BCUT2D eigenvalue weighted by atomic mass is 9.93. The van der Waals surface area contributed by atoms with Crippen molar-refractivity contribution in [2.45, 2.75) is 32.3 Å². The van der Waals surface area contributed by atoms with Gasteiger partial charge in [-0.1, -0.05) is 68.2 Å². The van der Waals surface area contributed by atoms with Gasteiger partial charge in [0, 0.05) is 11.1 Å². The summed E-state index contributed by atoms with van der Waals surface area (Å²) in [6.07, 6.45) is -2.04. The van der Waals surface area contributed by atoms with Gasteiger partial charge in [0.05, 0.1) is 23.4 Å². The molecular weight excluding hydrogens is 468 g/mol. The number of carboxylic acid groups (broad SMARTS) is 1. The molecule has 0 aliphatic rings. The second kappa shape index (κ2) is 12.3. The van der Waals surface area contributed by atoms with Crippen LogP contribution in [0, 0.1) is 17.7 Å². The molecule has 2 N–H and O–H groups in total. The molecule has 0 amide bonds. The summed E-state index contributed by atoms with van der Waals surface area (Å²) in [6.45, 7) is 3.85. The Hall–Kier alpha value is -3.43. The molecule has 8 heteroatoms. The van der Waals surface area contributed by atoms with Gasteiger partial charge in [-0.3, -0.25) is 9.78 Å². The van der Waals surface area contributed by atoms with Gasteiger partial charge in [-0.05, 0) is 34.2 Å². The summed E-state index contributed by atoms with van der Waals surface area (Å²) in [6, 6.07) is 17.8. The molecule has 2 unspecified atom stereocenters. The Balaban J connectivity index is 1.95. The predicted molar refractivity (Wildman–Crippen MR) is 133 cm³/mol. The van der Waals surface area contributed by atoms with Crippen LogP contribution >= 0.6 is 8.03 Å². The molecule has 0 aliphatic heterocycles. The van der Waals surface area contributed by atoms with Crippen molar-refractivity contribution in [1.82, 2.24) is 4.98 Å². The molecule has 3 aromatic rings. The van der Waals surface area contributed by atoms with Crippen molar-refractivity contribution in [3.63, 3.8) is 0 Å². The van der Waals surface area contributed by atoms with Gasteiger partial charge in [0.1, 0.15) is 11.9 Å². The number of carboxylic acids is 1. The van der Waals surface area contributed by atoms with Crippen molar-refractivity contribution in [3.8, 4) is 34.2 Å². The molecule has 3 rings (SSSR count). The predicted octanol–water partition coefficient (Wildman–Crippen LogP) is 5.62. The third-order valence-corrected chi connectivity index (χ3v) is 6.22. The minimum atomic E-state index is -2.26. The molecule has 2 aromatic carbocycles. The largest absolute Gasteiger partial charge is 0.511 e. The summed E-state index contributed by atoms with van der Waals surface area (Å²) < 4.78 is 30.8. The Bertz CT molecular complexity index is 1250. The number of hydrogen-bond donors (Lipinski definition) is 2. The molecule has 0 bridgehead atoms. The number of nitrogens with zero attached hydrogens (tertiary/aromatic N) is 1. The van der Waals surface area contributed by atoms with E-state index in [4.69, 9.17) is 14.6 Å². The zero-order valence-corrected chi connectivity index (χ0v) is 20.3. The van der Waals surface area contributed by atoms with E-state index in [0.29, 0.717) is 5.56 Å². The summed E-state index contributed by atoms with van der Waals surface area (Å²) in [5.41, 5.74) is 4.70. The second-order valence-corrected chi connectivity index (χ2v) is 9.47. The molecule has 180 valence electrons. The van der Waals surface area contributed by atoms with Crippen LogP contribution < -0.4 is 0 Å². The number of pyridine rings is 1. The average Bonchev–Trinajstić information content (AvgIpc) is 2.82. The van der Waals surface area contributed by atoms with Gasteiger partial charge in [-0.25, -0.2) is 4.39 Å². The van der Waals surface area contributed by atoms with Crippen LogP contribution in [0.3, 0.4) is 0 Å². The molecule has 0 saturated carbocycles. The fourth-order valence-corrected chi connectivity index (χ4v) is 4.23. The van der Waals surface area contributed by atoms with Gasteiger partial charge in [-0.15, -0.1) is 4.52 Å². The van der Waals surface area contributed by atoms with Crippen molar-refractivity contribution in [2.75, 3.05) is 12.8 Å². The summed E-state index contributed by atoms with van der Waals surface area (Å²) >= 11 is 0. The van der Waals surface area contributed by atoms with Crippen molar-refractivity contribution < 1.29 is 28.5 Å². The number of aliphatic hydroxyl groups is 1. The van der Waals surface area contributed by atoms with Crippen molar-refractivity contribution >= 4 is 14.0 Å². The van der Waals surface area contributed by atoms with Crippen LogP contribution in [-0.4, -0.2) is 40.0 Å². The topological polar surface area (TPSA) is 96.7 Å². The van der Waals surface area contributed by atoms with Gasteiger partial charge in [-0.2, -0.15) is 0 Å². The molecule has 1 heterocycles. The fourth-order valence-electron chi connectivity index (χ4n) is 3.45. The molecule has 1 aromatic heterocycles. The quantitative estimate of drug-likeness (QED) is 0.296. The highest BCUT2D eigenvalue weighted by molar-refractivity contribution is 7.39. The zero-order chi connectivity index (χ0) is 25.4. The van der Waals surface area contributed by atoms with E-state index in [0.717, 1.165) is 28.1 Å². The van der Waals surface area contributed by atoms with Crippen LogP contribution in [0.4, 0.5) is 4.39 Å². The number of aliphatic hydroxyl groups excluding tert-OH is 1. The number of halogens is 1. The number of aliphatic carboxylic acids is 1. The first kappa shape index (κ1) is 26.2. The molecule has 0 saturated heterocycles. The maximum Gasteiger partial charge on any atom is 0.511 e. The average molecular weight is 494 g/mol. The van der Waals surface area contributed by atoms with E-state index in [-0.39, 0.29) is 24.5 Å². The monoisotopic (exact) mass is 494 g/mol. The molecule has 6 nitrogen and oxygen atoms in total. The minimum absolute atomic E-state index is 0.0332. The van der Waals surface area contributed by atoms with E-state index < -0.39 is 26.5 Å². The van der Waals surface area contributed by atoms with E-state index in [2.05, 4.69) is 11.8 Å². The highest BCUT2D eigenvalue weighted by Crippen LogP contribution is 2.33. The first-order valence-corrected chi connectivity index (χ1v) is 12.4. The summed E-state index contributed by atoms with van der Waals surface area (Å²) in [5, 5.41) is 18.3. The standard InChI is InChI=1S/C27H25FNO5P/c1-18(2)27-23(9-6-14-34-35(33)17-22(30)15-26(31)32)24(19-10-12-21(28)13-11-19)16-25(29-27)20-7-4-3-5-8-20/h3-5,7-8,10-13,16,18,22,30H,14-15,17H2,1-2H3/p+1. The van der Waals surface area contributed by atoms with Crippen LogP contribution in [0.1, 0.15) is 37.4 Å². The SMILES string of the molecule is CC(C)c1nc(-c2ccccc2)cc(-c2ccc(F)cc2)c1C#CCO[P+](=O)CC(O)CC(=O)O. The van der Waals surface area contributed by atoms with Gasteiger partial charge < -0.3 is 10.2 Å². The lowest BCUT2D eigenvalue weighted by molar-refractivity contribution is -0.138. The number of hydrogen-bond acceptors (Lipinski definition) is 5. The van der Waals surface area contributed by atoms with E-state index >= 15 is 0 Å². The van der Waals surface area contributed by atoms with E-state index in [1.165, 1.54) is 12.1 Å². The van der Waals surface area contributed by atoms with Crippen LogP contribution in [0.2, 0.25) is 0 Å². The summed E-state index contributed by atoms with van der Waals surface area (Å²) in [7, 11) is -2.26. The Kier molecular flexibility index (Phi) is 9.22. The Morgan fingerprint density at radius 3 is 2.43 bits per heavy atom. The van der Waals surface area contributed by atoms with E-state index in [1.54, 1.807) is 12.1 Å². The van der Waals surface area contributed by atoms with Gasteiger partial charge in [0.2, 0.25) is 6.16 Å². The molecule has 35 heavy (non-hydrogen) atoms. The van der Waals surface area contributed by atoms with Crippen LogP contribution in [0.25, 0.3) is 22.4 Å². The summed E-state index contributed by atoms with van der Waals surface area (Å²) in [5.74, 6) is 4.45. The van der Waals surface area contributed by atoms with Crippen LogP contribution in [0.15, 0.2) is 60.7 Å². The third-order valence-electron chi connectivity index (χ3n) is 5.08. The Morgan fingerprint density at radius 1 is 1.11 bits per heavy atom. The lowest BCUT2D eigenvalue weighted by Gasteiger charge is -2.16. The highest BCUT2D eigenvalue weighted by Gasteiger charge is 2.25. The highest BCUT2D eigenvalue weighted by atomic mass is 31.1. The molecular formula is C27H26FNO5P+. The second-order valence-electron chi connectivity index (χ2n) is 8.19. The van der Waals surface area contributed by atoms with Crippen molar-refractivity contribution in [2.24, 2.45) is 0 Å². The number of benzene rings is 2. The molecule has 0 spiro atoms. The third kappa shape index (κ3) is 7.53. The van der Waals surface area contributed by atoms with Gasteiger partial charge in [0.15, 0.2) is 6.61 Å². The molecule has 2 atom stereocenters.